The van der Waals surface area contributed by atoms with Crippen molar-refractivity contribution in [3.8, 4) is 0 Å². The summed E-state index contributed by atoms with van der Waals surface area (Å²) in [7, 11) is 0. The average Bonchev–Trinajstić information content (AvgIpc) is 2.65. The van der Waals surface area contributed by atoms with E-state index in [-0.39, 0.29) is 12.2 Å². The lowest BCUT2D eigenvalue weighted by molar-refractivity contribution is -0.118. The lowest BCUT2D eigenvalue weighted by Gasteiger charge is -2.14. The molecule has 0 aliphatic heterocycles. The van der Waals surface area contributed by atoms with E-state index in [0.717, 1.165) is 11.1 Å². The Balaban J connectivity index is 1.60. The Bertz CT molecular complexity index is 755. The molecule has 1 saturated carbocycles. The predicted octanol–water partition coefficient (Wildman–Crippen LogP) is 3.89. The smallest absolute Gasteiger partial charge is 0.142 e. The van der Waals surface area contributed by atoms with Crippen LogP contribution >= 0.6 is 0 Å². The van der Waals surface area contributed by atoms with E-state index in [9.17, 15) is 4.79 Å². The van der Waals surface area contributed by atoms with Gasteiger partial charge in [0.25, 0.3) is 0 Å². The number of rotatable bonds is 6. The van der Waals surface area contributed by atoms with Crippen molar-refractivity contribution in [3.63, 3.8) is 0 Å². The van der Waals surface area contributed by atoms with Gasteiger partial charge < -0.3 is 9.68 Å². The van der Waals surface area contributed by atoms with Crippen LogP contribution in [0.2, 0.25) is 0 Å². The van der Waals surface area contributed by atoms with Gasteiger partial charge in [0.2, 0.25) is 0 Å². The van der Waals surface area contributed by atoms with Crippen LogP contribution in [-0.4, -0.2) is 17.2 Å². The summed E-state index contributed by atoms with van der Waals surface area (Å²) in [6, 6.07) is 19.6. The molecule has 0 saturated heterocycles. The number of hydrogen-bond acceptors (Lipinski definition) is 5. The third kappa shape index (κ3) is 5.28. The van der Waals surface area contributed by atoms with Gasteiger partial charge >= 0.3 is 0 Å². The maximum atomic E-state index is 11.7. The molecule has 0 unspecified atom stereocenters. The molecule has 1 aliphatic rings. The largest absolute Gasteiger partial charge is 0.391 e. The molecular weight excluding hydrogens is 316 g/mol. The highest BCUT2D eigenvalue weighted by Gasteiger charge is 2.22. The fraction of sp³-hybridized carbons (Fsp3) is 0.250. The van der Waals surface area contributed by atoms with Crippen molar-refractivity contribution in [1.82, 2.24) is 0 Å². The Hall–Kier alpha value is -2.95. The topological polar surface area (TPSA) is 60.2 Å². The molecule has 0 atom stereocenters. The summed E-state index contributed by atoms with van der Waals surface area (Å²) < 4.78 is 0. The van der Waals surface area contributed by atoms with Crippen molar-refractivity contribution < 1.29 is 14.5 Å². The third-order valence-electron chi connectivity index (χ3n) is 3.84. The summed E-state index contributed by atoms with van der Waals surface area (Å²) in [4.78, 5) is 22.5. The molecule has 0 radical (unpaired) electrons. The molecule has 128 valence electrons. The Morgan fingerprint density at radius 1 is 0.720 bits per heavy atom. The molecule has 1 aliphatic carbocycles. The van der Waals surface area contributed by atoms with Gasteiger partial charge in [0, 0.05) is 12.8 Å². The normalized spacial score (nSPS) is 17.7. The van der Waals surface area contributed by atoms with Gasteiger partial charge in [-0.3, -0.25) is 4.79 Å². The lowest BCUT2D eigenvalue weighted by Crippen LogP contribution is -2.25. The minimum Gasteiger partial charge on any atom is -0.391 e. The minimum atomic E-state index is 0.143. The van der Waals surface area contributed by atoms with Gasteiger partial charge in [-0.15, -0.1) is 0 Å². The van der Waals surface area contributed by atoms with Crippen molar-refractivity contribution >= 4 is 17.2 Å². The average molecular weight is 336 g/mol. The van der Waals surface area contributed by atoms with Gasteiger partial charge in [-0.2, -0.15) is 0 Å². The molecular formula is C20H20N2O3. The van der Waals surface area contributed by atoms with Crippen molar-refractivity contribution in [2.45, 2.75) is 32.5 Å². The highest BCUT2D eigenvalue weighted by molar-refractivity contribution is 6.46. The van der Waals surface area contributed by atoms with Crippen LogP contribution in [0.25, 0.3) is 0 Å². The summed E-state index contributed by atoms with van der Waals surface area (Å²) in [6.07, 6.45) is 1.23. The van der Waals surface area contributed by atoms with E-state index >= 15 is 0 Å². The maximum absolute atomic E-state index is 11.7. The quantitative estimate of drug-likeness (QED) is 0.752. The van der Waals surface area contributed by atoms with Gasteiger partial charge in [0.1, 0.15) is 30.4 Å². The molecule has 3 rings (SSSR count). The number of Topliss-reactive ketones (excluding diaryl/α,β-unsaturated/α-hetero) is 1. The highest BCUT2D eigenvalue weighted by Crippen LogP contribution is 2.13. The molecule has 0 bridgehead atoms. The van der Waals surface area contributed by atoms with Crippen molar-refractivity contribution in [2.24, 2.45) is 10.3 Å². The Labute approximate surface area is 146 Å². The van der Waals surface area contributed by atoms with E-state index in [1.54, 1.807) is 0 Å². The Morgan fingerprint density at radius 3 is 1.80 bits per heavy atom. The summed E-state index contributed by atoms with van der Waals surface area (Å²) in [5.74, 6) is 0.143. The van der Waals surface area contributed by atoms with Gasteiger partial charge in [0.05, 0.1) is 6.42 Å². The summed E-state index contributed by atoms with van der Waals surface area (Å²) in [6.45, 7) is 0.743. The van der Waals surface area contributed by atoms with Crippen LogP contribution in [0.5, 0.6) is 0 Å². The second kappa shape index (κ2) is 8.78. The highest BCUT2D eigenvalue weighted by atomic mass is 16.6. The summed E-state index contributed by atoms with van der Waals surface area (Å²) in [5, 5.41) is 8.29. The van der Waals surface area contributed by atoms with E-state index in [2.05, 4.69) is 10.3 Å². The van der Waals surface area contributed by atoms with E-state index in [0.29, 0.717) is 37.5 Å². The second-order valence-corrected chi connectivity index (χ2v) is 5.81. The van der Waals surface area contributed by atoms with E-state index < -0.39 is 0 Å². The Morgan fingerprint density at radius 2 is 1.24 bits per heavy atom. The van der Waals surface area contributed by atoms with Gasteiger partial charge in [-0.1, -0.05) is 71.0 Å². The van der Waals surface area contributed by atoms with Crippen molar-refractivity contribution in [3.05, 3.63) is 71.8 Å². The number of nitrogens with zero attached hydrogens (tertiary/aromatic N) is 2. The van der Waals surface area contributed by atoms with Gasteiger partial charge in [0.15, 0.2) is 0 Å². The van der Waals surface area contributed by atoms with Crippen molar-refractivity contribution in [1.29, 1.82) is 0 Å². The van der Waals surface area contributed by atoms with Gasteiger partial charge in [-0.05, 0) is 11.1 Å². The predicted molar refractivity (Wildman–Crippen MR) is 96.2 cm³/mol. The van der Waals surface area contributed by atoms with Crippen LogP contribution in [0.4, 0.5) is 0 Å². The fourth-order valence-corrected chi connectivity index (χ4v) is 2.48. The molecule has 1 fully saturated rings. The second-order valence-electron chi connectivity index (χ2n) is 5.81. The number of ketones is 1. The van der Waals surface area contributed by atoms with Crippen LogP contribution in [0.15, 0.2) is 71.0 Å². The Kier molecular flexibility index (Phi) is 5.93. The van der Waals surface area contributed by atoms with Crippen LogP contribution in [-0.2, 0) is 27.7 Å². The maximum Gasteiger partial charge on any atom is 0.142 e. The number of hydrogen-bond donors (Lipinski definition) is 0. The molecule has 0 spiro atoms. The zero-order valence-electron chi connectivity index (χ0n) is 13.9. The summed E-state index contributed by atoms with van der Waals surface area (Å²) >= 11 is 0. The molecule has 25 heavy (non-hydrogen) atoms. The zero-order valence-corrected chi connectivity index (χ0v) is 13.9. The van der Waals surface area contributed by atoms with E-state index in [4.69, 9.17) is 9.68 Å². The number of carbonyl (C=O) groups is 1. The first-order valence-electron chi connectivity index (χ1n) is 8.29. The van der Waals surface area contributed by atoms with Crippen LogP contribution in [0, 0.1) is 0 Å². The standard InChI is InChI=1S/C20H20N2O3/c23-18-11-12-19(21-24-14-16-7-3-1-4-8-16)20(13-18)22-25-15-17-9-5-2-6-10-17/h1-10H,11-15H2/b21-19-,22-20+. The van der Waals surface area contributed by atoms with Crippen LogP contribution < -0.4 is 0 Å². The SMILES string of the molecule is O=C1CCC(=N/OCc2ccccc2)/C(=N/OCc2ccccc2)C1. The fourth-order valence-electron chi connectivity index (χ4n) is 2.48. The molecule has 0 aromatic heterocycles. The first-order valence-corrected chi connectivity index (χ1v) is 8.29. The molecule has 2 aromatic rings. The number of carbonyl (C=O) groups excluding carboxylic acids is 1. The molecule has 0 heterocycles. The first kappa shape index (κ1) is 16.9. The monoisotopic (exact) mass is 336 g/mol. The van der Waals surface area contributed by atoms with Crippen LogP contribution in [0.1, 0.15) is 30.4 Å². The molecule has 5 nitrogen and oxygen atoms in total. The van der Waals surface area contributed by atoms with E-state index in [1.165, 1.54) is 0 Å². The molecule has 5 heteroatoms. The zero-order chi connectivity index (χ0) is 17.3. The van der Waals surface area contributed by atoms with E-state index in [1.807, 2.05) is 60.7 Å². The third-order valence-corrected chi connectivity index (χ3v) is 3.84. The number of benzene rings is 2. The van der Waals surface area contributed by atoms with Crippen LogP contribution in [0.3, 0.4) is 0 Å². The minimum absolute atomic E-state index is 0.143. The van der Waals surface area contributed by atoms with Gasteiger partial charge in [-0.25, -0.2) is 0 Å². The lowest BCUT2D eigenvalue weighted by atomic mass is 9.95. The molecule has 2 aromatic carbocycles. The molecule has 0 amide bonds. The summed E-state index contributed by atoms with van der Waals surface area (Å²) in [5.41, 5.74) is 3.30. The van der Waals surface area contributed by atoms with Crippen molar-refractivity contribution in [2.75, 3.05) is 0 Å². The molecule has 0 N–H and O–H groups in total. The number of oxime groups is 2. The first-order chi connectivity index (χ1) is 12.3.